The maximum atomic E-state index is 13.4. The summed E-state index contributed by atoms with van der Waals surface area (Å²) in [6.45, 7) is 0.897. The summed E-state index contributed by atoms with van der Waals surface area (Å²) >= 11 is 0. The van der Waals surface area contributed by atoms with Crippen LogP contribution in [-0.2, 0) is 14.3 Å². The van der Waals surface area contributed by atoms with Crippen LogP contribution in [0.5, 0.6) is 11.5 Å². The highest BCUT2D eigenvalue weighted by Crippen LogP contribution is 2.44. The molecule has 0 saturated carbocycles. The Morgan fingerprint density at radius 1 is 1.18 bits per heavy atom. The average Bonchev–Trinajstić information content (AvgIpc) is 3.59. The van der Waals surface area contributed by atoms with Crippen LogP contribution in [0.4, 0.5) is 0 Å². The van der Waals surface area contributed by atoms with Crippen molar-refractivity contribution in [3.8, 4) is 11.5 Å². The van der Waals surface area contributed by atoms with Crippen molar-refractivity contribution in [2.75, 3.05) is 27.4 Å². The van der Waals surface area contributed by atoms with Crippen LogP contribution in [-0.4, -0.2) is 60.2 Å². The first kappa shape index (κ1) is 22.0. The Morgan fingerprint density at radius 3 is 2.74 bits per heavy atom. The van der Waals surface area contributed by atoms with Crippen LogP contribution in [0.15, 0.2) is 54.2 Å². The van der Waals surface area contributed by atoms with Crippen LogP contribution < -0.4 is 9.47 Å². The molecule has 0 bridgehead atoms. The van der Waals surface area contributed by atoms with Gasteiger partial charge in [-0.2, -0.15) is 0 Å². The smallest absolute Gasteiger partial charge is 0.295 e. The summed E-state index contributed by atoms with van der Waals surface area (Å²) < 4.78 is 16.5. The van der Waals surface area contributed by atoms with Gasteiger partial charge in [-0.1, -0.05) is 18.2 Å². The predicted octanol–water partition coefficient (Wildman–Crippen LogP) is 3.79. The molecule has 2 unspecified atom stereocenters. The minimum atomic E-state index is -0.781. The van der Waals surface area contributed by atoms with Crippen LogP contribution in [0.1, 0.15) is 30.0 Å². The lowest BCUT2D eigenvalue weighted by atomic mass is 9.94. The van der Waals surface area contributed by atoms with Crippen LogP contribution in [0.2, 0.25) is 0 Å². The molecular weight excluding hydrogens is 436 g/mol. The van der Waals surface area contributed by atoms with Crippen molar-refractivity contribution in [1.82, 2.24) is 9.88 Å². The Hall–Kier alpha value is -3.78. The highest BCUT2D eigenvalue weighted by Gasteiger charge is 2.48. The summed E-state index contributed by atoms with van der Waals surface area (Å²) in [5.74, 6) is -0.857. The van der Waals surface area contributed by atoms with Crippen molar-refractivity contribution in [3.63, 3.8) is 0 Å². The number of H-pyrrole nitrogens is 1. The molecule has 0 aliphatic carbocycles. The van der Waals surface area contributed by atoms with Crippen molar-refractivity contribution in [1.29, 1.82) is 0 Å². The molecule has 2 aliphatic heterocycles. The summed E-state index contributed by atoms with van der Waals surface area (Å²) in [6.07, 6.45) is 3.36. The Bertz CT molecular complexity index is 1290. The number of Topliss-reactive ketones (excluding diaryl/α,β-unsaturated/α-hetero) is 1. The highest BCUT2D eigenvalue weighted by molar-refractivity contribution is 6.46. The number of nitrogens with one attached hydrogen (secondary N) is 1. The zero-order chi connectivity index (χ0) is 23.8. The SMILES string of the molecule is COc1ccc(OC)c(/C(O)=C2\C(=O)C(=O)N(CC3CCCO3)C2c2c[nH]c3ccccc23)c1. The lowest BCUT2D eigenvalue weighted by molar-refractivity contribution is -0.140. The van der Waals surface area contributed by atoms with Crippen molar-refractivity contribution >= 4 is 28.4 Å². The van der Waals surface area contributed by atoms with E-state index < -0.39 is 17.7 Å². The molecule has 2 aliphatic rings. The molecule has 2 fully saturated rings. The Morgan fingerprint density at radius 2 is 2.00 bits per heavy atom. The van der Waals surface area contributed by atoms with Gasteiger partial charge in [0.15, 0.2) is 0 Å². The number of ether oxygens (including phenoxy) is 3. The van der Waals surface area contributed by atoms with E-state index >= 15 is 0 Å². The van der Waals surface area contributed by atoms with Crippen molar-refractivity contribution < 1.29 is 28.9 Å². The molecule has 2 saturated heterocycles. The molecule has 2 atom stereocenters. The van der Waals surface area contributed by atoms with E-state index in [2.05, 4.69) is 4.98 Å². The van der Waals surface area contributed by atoms with E-state index in [9.17, 15) is 14.7 Å². The third-order valence-corrected chi connectivity index (χ3v) is 6.54. The summed E-state index contributed by atoms with van der Waals surface area (Å²) in [4.78, 5) is 31.4. The lowest BCUT2D eigenvalue weighted by Crippen LogP contribution is -2.36. The maximum absolute atomic E-state index is 13.4. The largest absolute Gasteiger partial charge is 0.507 e. The van der Waals surface area contributed by atoms with Gasteiger partial charge < -0.3 is 29.2 Å². The molecule has 176 valence electrons. The molecular formula is C26H26N2O6. The Balaban J connectivity index is 1.71. The van der Waals surface area contributed by atoms with Crippen LogP contribution in [0.25, 0.3) is 16.7 Å². The van der Waals surface area contributed by atoms with Gasteiger partial charge in [-0.05, 0) is 37.1 Å². The Labute approximate surface area is 196 Å². The van der Waals surface area contributed by atoms with E-state index in [1.54, 1.807) is 24.4 Å². The van der Waals surface area contributed by atoms with Crippen molar-refractivity contribution in [2.24, 2.45) is 0 Å². The minimum absolute atomic E-state index is 0.0132. The second-order valence-corrected chi connectivity index (χ2v) is 8.44. The van der Waals surface area contributed by atoms with Gasteiger partial charge in [-0.25, -0.2) is 0 Å². The fourth-order valence-corrected chi connectivity index (χ4v) is 4.86. The number of aliphatic hydroxyl groups excluding tert-OH is 1. The highest BCUT2D eigenvalue weighted by atomic mass is 16.5. The number of hydrogen-bond acceptors (Lipinski definition) is 6. The third kappa shape index (κ3) is 3.60. The number of likely N-dealkylation sites (tertiary alicyclic amines) is 1. The number of rotatable bonds is 6. The number of nitrogens with zero attached hydrogens (tertiary/aromatic N) is 1. The van der Waals surface area contributed by atoms with Gasteiger partial charge in [0.25, 0.3) is 11.7 Å². The average molecular weight is 463 g/mol. The summed E-state index contributed by atoms with van der Waals surface area (Å²) in [7, 11) is 2.99. The number of aromatic nitrogens is 1. The van der Waals surface area contributed by atoms with Crippen molar-refractivity contribution in [3.05, 3.63) is 65.4 Å². The first-order chi connectivity index (χ1) is 16.5. The van der Waals surface area contributed by atoms with Gasteiger partial charge in [0.2, 0.25) is 0 Å². The van der Waals surface area contributed by atoms with E-state index in [-0.39, 0.29) is 29.5 Å². The summed E-state index contributed by atoms with van der Waals surface area (Å²) in [5.41, 5.74) is 1.90. The number of amides is 1. The van der Waals surface area contributed by atoms with Gasteiger partial charge in [-0.3, -0.25) is 9.59 Å². The number of fused-ring (bicyclic) bond motifs is 1. The van der Waals surface area contributed by atoms with E-state index in [0.29, 0.717) is 18.1 Å². The van der Waals surface area contributed by atoms with Gasteiger partial charge in [0.1, 0.15) is 17.3 Å². The topological polar surface area (TPSA) is 101 Å². The molecule has 1 aromatic heterocycles. The van der Waals surface area contributed by atoms with E-state index in [1.165, 1.54) is 19.1 Å². The first-order valence-corrected chi connectivity index (χ1v) is 11.2. The number of para-hydroxylation sites is 1. The van der Waals surface area contributed by atoms with Crippen LogP contribution >= 0.6 is 0 Å². The molecule has 5 rings (SSSR count). The third-order valence-electron chi connectivity index (χ3n) is 6.54. The van der Waals surface area contributed by atoms with E-state index in [1.807, 2.05) is 24.3 Å². The summed E-state index contributed by atoms with van der Waals surface area (Å²) in [5, 5.41) is 12.3. The number of aliphatic hydroxyl groups is 1. The number of carbonyl (C=O) groups excluding carboxylic acids is 2. The molecule has 34 heavy (non-hydrogen) atoms. The molecule has 3 heterocycles. The fourth-order valence-electron chi connectivity index (χ4n) is 4.86. The minimum Gasteiger partial charge on any atom is -0.507 e. The zero-order valence-corrected chi connectivity index (χ0v) is 19.0. The molecule has 2 aromatic carbocycles. The van der Waals surface area contributed by atoms with E-state index in [0.717, 1.165) is 29.3 Å². The van der Waals surface area contributed by atoms with Gasteiger partial charge in [-0.15, -0.1) is 0 Å². The standard InChI is InChI=1S/C26H26N2O6/c1-32-15-9-10-21(33-2)18(12-15)24(29)22-23(19-13-27-20-8-4-3-7-17(19)20)28(26(31)25(22)30)14-16-6-5-11-34-16/h3-4,7-10,12-13,16,23,27,29H,5-6,11,14H2,1-2H3/b24-22+. The molecule has 2 N–H and O–H groups in total. The second kappa shape index (κ2) is 8.87. The molecule has 3 aromatic rings. The molecule has 8 nitrogen and oxygen atoms in total. The van der Waals surface area contributed by atoms with Gasteiger partial charge in [0.05, 0.1) is 37.5 Å². The molecule has 8 heteroatoms. The van der Waals surface area contributed by atoms with Gasteiger partial charge in [0, 0.05) is 35.8 Å². The second-order valence-electron chi connectivity index (χ2n) is 8.44. The first-order valence-electron chi connectivity index (χ1n) is 11.2. The normalized spacial score (nSPS) is 22.0. The lowest BCUT2D eigenvalue weighted by Gasteiger charge is -2.27. The van der Waals surface area contributed by atoms with Crippen LogP contribution in [0.3, 0.4) is 0 Å². The quantitative estimate of drug-likeness (QED) is 0.328. The number of aromatic amines is 1. The molecule has 1 amide bonds. The monoisotopic (exact) mass is 462 g/mol. The van der Waals surface area contributed by atoms with E-state index in [4.69, 9.17) is 14.2 Å². The van der Waals surface area contributed by atoms with Gasteiger partial charge >= 0.3 is 0 Å². The maximum Gasteiger partial charge on any atom is 0.295 e. The Kier molecular flexibility index (Phi) is 5.75. The van der Waals surface area contributed by atoms with Crippen molar-refractivity contribution in [2.45, 2.75) is 25.0 Å². The molecule has 0 radical (unpaired) electrons. The number of methoxy groups -OCH3 is 2. The predicted molar refractivity (Wildman–Crippen MR) is 126 cm³/mol. The molecule has 0 spiro atoms. The van der Waals surface area contributed by atoms with Crippen LogP contribution in [0, 0.1) is 0 Å². The summed E-state index contributed by atoms with van der Waals surface area (Å²) in [6, 6.07) is 11.8. The number of ketones is 1. The number of benzene rings is 2. The number of hydrogen-bond donors (Lipinski definition) is 2. The number of carbonyl (C=O) groups is 2. The zero-order valence-electron chi connectivity index (χ0n) is 19.0. The fraction of sp³-hybridized carbons (Fsp3) is 0.308.